The van der Waals surface area contributed by atoms with Crippen LogP contribution in [0.15, 0.2) is 18.3 Å². The van der Waals surface area contributed by atoms with E-state index in [9.17, 15) is 22.8 Å². The van der Waals surface area contributed by atoms with Crippen molar-refractivity contribution in [2.45, 2.75) is 65.2 Å². The van der Waals surface area contributed by atoms with E-state index in [1.165, 1.54) is 0 Å². The van der Waals surface area contributed by atoms with Crippen LogP contribution in [0.5, 0.6) is 0 Å². The number of carbonyl (C=O) groups is 2. The summed E-state index contributed by atoms with van der Waals surface area (Å²) < 4.78 is 44.1. The average molecular weight is 473 g/mol. The molecule has 0 saturated carbocycles. The molecule has 0 aliphatic carbocycles. The normalized spacial score (nSPS) is 15.8. The number of alkyl carbamates (subject to hydrolysis) is 1. The van der Waals surface area contributed by atoms with Gasteiger partial charge in [-0.2, -0.15) is 13.2 Å². The molecule has 0 bridgehead atoms. The molecule has 1 aliphatic rings. The molecule has 1 N–H and O–H groups in total. The number of hydrogen-bond donors (Lipinski definition) is 1. The summed E-state index contributed by atoms with van der Waals surface area (Å²) in [4.78, 5) is 32.5. The minimum atomic E-state index is -4.42. The third-order valence-corrected chi connectivity index (χ3v) is 5.37. The zero-order valence-corrected chi connectivity index (χ0v) is 19.9. The van der Waals surface area contributed by atoms with Gasteiger partial charge in [-0.3, -0.25) is 4.79 Å². The number of amides is 2. The molecule has 1 aromatic heterocycles. The Morgan fingerprint density at radius 3 is 2.39 bits per heavy atom. The third-order valence-electron chi connectivity index (χ3n) is 5.37. The third kappa shape index (κ3) is 8.74. The summed E-state index contributed by atoms with van der Waals surface area (Å²) >= 11 is 0. The highest BCUT2D eigenvalue weighted by molar-refractivity contribution is 5.79. The molecule has 33 heavy (non-hydrogen) atoms. The van der Waals surface area contributed by atoms with Crippen molar-refractivity contribution >= 4 is 17.8 Å². The molecule has 1 unspecified atom stereocenters. The van der Waals surface area contributed by atoms with Gasteiger partial charge in [0.25, 0.3) is 0 Å². The van der Waals surface area contributed by atoms with Crippen LogP contribution in [0, 0.1) is 5.92 Å². The smallest absolute Gasteiger partial charge is 0.416 e. The number of nitrogens with zero attached hydrogens (tertiary/aromatic N) is 3. The summed E-state index contributed by atoms with van der Waals surface area (Å²) in [6.07, 6.45) is -0.800. The molecule has 2 amide bonds. The van der Waals surface area contributed by atoms with Crippen LogP contribution in [0.25, 0.3) is 0 Å². The number of nitrogens with one attached hydrogen (secondary N) is 1. The van der Waals surface area contributed by atoms with Crippen molar-refractivity contribution < 1.29 is 27.5 Å². The van der Waals surface area contributed by atoms with E-state index in [2.05, 4.69) is 10.3 Å². The second-order valence-corrected chi connectivity index (χ2v) is 9.27. The van der Waals surface area contributed by atoms with Crippen molar-refractivity contribution in [1.29, 1.82) is 0 Å². The van der Waals surface area contributed by atoms with Crippen molar-refractivity contribution in [1.82, 2.24) is 15.2 Å². The zero-order chi connectivity index (χ0) is 24.6. The lowest BCUT2D eigenvalue weighted by Gasteiger charge is -2.37. The van der Waals surface area contributed by atoms with E-state index in [4.69, 9.17) is 4.74 Å². The Hall–Kier alpha value is -2.52. The van der Waals surface area contributed by atoms with E-state index in [0.29, 0.717) is 45.6 Å². The molecule has 1 aliphatic heterocycles. The number of halogens is 3. The molecular weight excluding hydrogens is 437 g/mol. The minimum absolute atomic E-state index is 0.0609. The maximum Gasteiger partial charge on any atom is 0.416 e. The van der Waals surface area contributed by atoms with Crippen LogP contribution in [0.4, 0.5) is 23.8 Å². The van der Waals surface area contributed by atoms with Crippen LogP contribution in [0.3, 0.4) is 0 Å². The zero-order valence-electron chi connectivity index (χ0n) is 19.9. The molecule has 0 aromatic carbocycles. The summed E-state index contributed by atoms with van der Waals surface area (Å²) in [7, 11) is 0. The van der Waals surface area contributed by atoms with Gasteiger partial charge in [-0.15, -0.1) is 0 Å². The Balaban J connectivity index is 1.84. The predicted octanol–water partition coefficient (Wildman–Crippen LogP) is 4.47. The lowest BCUT2D eigenvalue weighted by atomic mass is 9.96. The van der Waals surface area contributed by atoms with Gasteiger partial charge in [0, 0.05) is 44.8 Å². The molecule has 186 valence electrons. The number of aromatic nitrogens is 1. The van der Waals surface area contributed by atoms with Crippen LogP contribution >= 0.6 is 0 Å². The molecule has 1 aromatic rings. The Morgan fingerprint density at radius 1 is 1.15 bits per heavy atom. The van der Waals surface area contributed by atoms with Crippen LogP contribution < -0.4 is 10.2 Å². The molecule has 1 fully saturated rings. The first-order valence-electron chi connectivity index (χ1n) is 11.4. The number of ether oxygens (including phenoxy) is 1. The van der Waals surface area contributed by atoms with E-state index in [-0.39, 0.29) is 17.6 Å². The average Bonchev–Trinajstić information content (AvgIpc) is 2.74. The van der Waals surface area contributed by atoms with Crippen LogP contribution in [0.1, 0.15) is 58.9 Å². The van der Waals surface area contributed by atoms with Crippen molar-refractivity contribution in [2.24, 2.45) is 5.92 Å². The lowest BCUT2D eigenvalue weighted by molar-refractivity contribution is -0.137. The molecule has 10 heteroatoms. The fourth-order valence-electron chi connectivity index (χ4n) is 3.77. The highest BCUT2D eigenvalue weighted by Crippen LogP contribution is 2.31. The Bertz CT molecular complexity index is 788. The maximum absolute atomic E-state index is 13.1. The number of piperazine rings is 1. The molecule has 2 rings (SSSR count). The topological polar surface area (TPSA) is 74.8 Å². The predicted molar refractivity (Wildman–Crippen MR) is 120 cm³/mol. The number of hydrogen-bond acceptors (Lipinski definition) is 5. The molecule has 2 heterocycles. The van der Waals surface area contributed by atoms with Crippen LogP contribution in [0.2, 0.25) is 0 Å². The van der Waals surface area contributed by atoms with E-state index in [1.54, 1.807) is 30.6 Å². The maximum atomic E-state index is 13.1. The number of alkyl halides is 3. The van der Waals surface area contributed by atoms with Gasteiger partial charge < -0.3 is 19.9 Å². The summed E-state index contributed by atoms with van der Waals surface area (Å²) in [5.41, 5.74) is -1.29. The van der Waals surface area contributed by atoms with Crippen molar-refractivity contribution in [3.8, 4) is 0 Å². The van der Waals surface area contributed by atoms with Gasteiger partial charge in [0.1, 0.15) is 11.4 Å². The number of pyridine rings is 1. The first-order valence-corrected chi connectivity index (χ1v) is 11.4. The Morgan fingerprint density at radius 2 is 1.82 bits per heavy atom. The van der Waals surface area contributed by atoms with Crippen molar-refractivity contribution in [2.75, 3.05) is 37.6 Å². The van der Waals surface area contributed by atoms with Crippen molar-refractivity contribution in [3.63, 3.8) is 0 Å². The van der Waals surface area contributed by atoms with Gasteiger partial charge in [-0.25, -0.2) is 9.78 Å². The highest BCUT2D eigenvalue weighted by atomic mass is 19.4. The number of anilines is 1. The molecule has 0 radical (unpaired) electrons. The number of rotatable bonds is 8. The first-order chi connectivity index (χ1) is 15.4. The van der Waals surface area contributed by atoms with Crippen molar-refractivity contribution in [3.05, 3.63) is 23.9 Å². The van der Waals surface area contributed by atoms with E-state index >= 15 is 0 Å². The summed E-state index contributed by atoms with van der Waals surface area (Å²) in [6, 6.07) is 2.01. The summed E-state index contributed by atoms with van der Waals surface area (Å²) in [5.74, 6) is 0.190. The standard InChI is InChI=1S/C23H35F3N4O3/c1-5-7-17(8-6-10-28-21(32)33-22(2,3)4)20(31)30-14-12-29(13-15-30)19-16-18(9-11-27-19)23(24,25)26/h9,11,16-17H,5-8,10,12-15H2,1-4H3,(H,28,32). The monoisotopic (exact) mass is 472 g/mol. The second-order valence-electron chi connectivity index (χ2n) is 9.27. The molecular formula is C23H35F3N4O3. The Kier molecular flexibility index (Phi) is 9.36. The van der Waals surface area contributed by atoms with Gasteiger partial charge in [0.2, 0.25) is 5.91 Å². The van der Waals surface area contributed by atoms with E-state index in [0.717, 1.165) is 31.2 Å². The first kappa shape index (κ1) is 26.7. The van der Waals surface area contributed by atoms with Gasteiger partial charge >= 0.3 is 12.3 Å². The van der Waals surface area contributed by atoms with Crippen LogP contribution in [-0.4, -0.2) is 60.2 Å². The van der Waals surface area contributed by atoms with Gasteiger partial charge in [-0.05, 0) is 52.2 Å². The highest BCUT2D eigenvalue weighted by Gasteiger charge is 2.32. The van der Waals surface area contributed by atoms with E-state index in [1.807, 2.05) is 6.92 Å². The second kappa shape index (κ2) is 11.6. The van der Waals surface area contributed by atoms with Crippen LogP contribution in [-0.2, 0) is 15.7 Å². The SMILES string of the molecule is CCCC(CCCNC(=O)OC(C)(C)C)C(=O)N1CCN(c2cc(C(F)(F)F)ccn2)CC1. The Labute approximate surface area is 193 Å². The molecule has 7 nitrogen and oxygen atoms in total. The fourth-order valence-corrected chi connectivity index (χ4v) is 3.77. The lowest BCUT2D eigenvalue weighted by Crippen LogP contribution is -2.50. The van der Waals surface area contributed by atoms with Gasteiger partial charge in [-0.1, -0.05) is 13.3 Å². The molecule has 0 spiro atoms. The molecule has 1 saturated heterocycles. The summed E-state index contributed by atoms with van der Waals surface area (Å²) in [6.45, 7) is 9.58. The minimum Gasteiger partial charge on any atom is -0.444 e. The quantitative estimate of drug-likeness (QED) is 0.565. The summed E-state index contributed by atoms with van der Waals surface area (Å²) in [5, 5.41) is 2.71. The van der Waals surface area contributed by atoms with E-state index < -0.39 is 23.4 Å². The number of carbonyl (C=O) groups excluding carboxylic acids is 2. The van der Waals surface area contributed by atoms with Gasteiger partial charge in [0.05, 0.1) is 5.56 Å². The van der Waals surface area contributed by atoms with Gasteiger partial charge in [0.15, 0.2) is 0 Å². The fraction of sp³-hybridized carbons (Fsp3) is 0.696. The largest absolute Gasteiger partial charge is 0.444 e. The molecule has 1 atom stereocenters.